The van der Waals surface area contributed by atoms with E-state index in [9.17, 15) is 9.59 Å². The molecular formula is C15H22N2O3. The third-order valence-corrected chi connectivity index (χ3v) is 3.48. The average Bonchev–Trinajstić information content (AvgIpc) is 2.45. The number of anilines is 1. The Hall–Kier alpha value is -1.88. The number of nitrogens with zero attached hydrogens (tertiary/aromatic N) is 1. The molecule has 0 heterocycles. The van der Waals surface area contributed by atoms with Gasteiger partial charge in [0.2, 0.25) is 5.91 Å². The number of amides is 2. The van der Waals surface area contributed by atoms with Gasteiger partial charge in [-0.05, 0) is 25.0 Å². The molecule has 0 aliphatic rings. The minimum atomic E-state index is -0.249. The van der Waals surface area contributed by atoms with Crippen LogP contribution in [0.3, 0.4) is 0 Å². The summed E-state index contributed by atoms with van der Waals surface area (Å²) in [6, 6.07) is 6.80. The third-order valence-electron chi connectivity index (χ3n) is 3.48. The van der Waals surface area contributed by atoms with Gasteiger partial charge in [0.05, 0.1) is 11.3 Å². The van der Waals surface area contributed by atoms with Crippen LogP contribution in [0.25, 0.3) is 0 Å². The molecule has 2 unspecified atom stereocenters. The largest absolute Gasteiger partial charge is 0.396 e. The number of carbonyl (C=O) groups excluding carboxylic acids is 2. The quantitative estimate of drug-likeness (QED) is 0.855. The van der Waals surface area contributed by atoms with Gasteiger partial charge < -0.3 is 15.3 Å². The number of nitrogens with one attached hydrogen (secondary N) is 1. The molecule has 1 aromatic carbocycles. The fourth-order valence-electron chi connectivity index (χ4n) is 1.71. The van der Waals surface area contributed by atoms with E-state index in [1.165, 1.54) is 11.8 Å². The summed E-state index contributed by atoms with van der Waals surface area (Å²) >= 11 is 0. The predicted octanol–water partition coefficient (Wildman–Crippen LogP) is 1.42. The summed E-state index contributed by atoms with van der Waals surface area (Å²) in [6.45, 7) is 5.16. The Morgan fingerprint density at radius 1 is 1.30 bits per heavy atom. The summed E-state index contributed by atoms with van der Waals surface area (Å²) in [4.78, 5) is 25.2. The maximum Gasteiger partial charge on any atom is 0.253 e. The zero-order chi connectivity index (χ0) is 15.3. The molecule has 0 aliphatic carbocycles. The first-order chi connectivity index (χ1) is 9.38. The monoisotopic (exact) mass is 278 g/mol. The summed E-state index contributed by atoms with van der Waals surface area (Å²) in [6.07, 6.45) is 0. The second-order valence-electron chi connectivity index (χ2n) is 5.02. The maximum absolute atomic E-state index is 12.3. The summed E-state index contributed by atoms with van der Waals surface area (Å²) < 4.78 is 0. The highest BCUT2D eigenvalue weighted by Gasteiger charge is 2.19. The molecule has 0 aromatic heterocycles. The van der Waals surface area contributed by atoms with E-state index in [0.717, 1.165) is 0 Å². The van der Waals surface area contributed by atoms with Crippen LogP contribution in [-0.2, 0) is 4.79 Å². The molecule has 1 rings (SSSR count). The van der Waals surface area contributed by atoms with Crippen LogP contribution in [0.4, 0.5) is 5.69 Å². The maximum atomic E-state index is 12.3. The fraction of sp³-hybridized carbons (Fsp3) is 0.467. The van der Waals surface area contributed by atoms with Crippen molar-refractivity contribution in [3.05, 3.63) is 29.8 Å². The lowest BCUT2D eigenvalue weighted by Crippen LogP contribution is -2.39. The Morgan fingerprint density at radius 3 is 2.45 bits per heavy atom. The minimum Gasteiger partial charge on any atom is -0.396 e. The van der Waals surface area contributed by atoms with E-state index in [-0.39, 0.29) is 30.4 Å². The summed E-state index contributed by atoms with van der Waals surface area (Å²) in [5.74, 6) is -0.417. The third kappa shape index (κ3) is 3.81. The minimum absolute atomic E-state index is 0.0104. The molecule has 0 bridgehead atoms. The molecule has 2 amide bonds. The van der Waals surface area contributed by atoms with E-state index < -0.39 is 0 Å². The predicted molar refractivity (Wildman–Crippen MR) is 78.7 cm³/mol. The lowest BCUT2D eigenvalue weighted by Gasteiger charge is -2.22. The van der Waals surface area contributed by atoms with Gasteiger partial charge in [0.25, 0.3) is 5.91 Å². The molecule has 0 fully saturated rings. The molecular weight excluding hydrogens is 256 g/mol. The Morgan fingerprint density at radius 2 is 1.90 bits per heavy atom. The normalized spacial score (nSPS) is 13.4. The van der Waals surface area contributed by atoms with Crippen LogP contribution in [-0.4, -0.2) is 36.6 Å². The van der Waals surface area contributed by atoms with Crippen molar-refractivity contribution in [2.24, 2.45) is 5.92 Å². The number of hydrogen-bond acceptors (Lipinski definition) is 3. The fourth-order valence-corrected chi connectivity index (χ4v) is 1.71. The number of aliphatic hydroxyl groups is 1. The van der Waals surface area contributed by atoms with Crippen LogP contribution < -0.4 is 10.2 Å². The molecule has 2 N–H and O–H groups in total. The molecule has 5 nitrogen and oxygen atoms in total. The van der Waals surface area contributed by atoms with Gasteiger partial charge in [-0.3, -0.25) is 9.59 Å². The van der Waals surface area contributed by atoms with E-state index in [1.807, 2.05) is 13.8 Å². The topological polar surface area (TPSA) is 69.6 Å². The highest BCUT2D eigenvalue weighted by molar-refractivity contribution is 6.04. The molecule has 0 radical (unpaired) electrons. The van der Waals surface area contributed by atoms with Gasteiger partial charge in [-0.25, -0.2) is 0 Å². The molecule has 5 heteroatoms. The molecule has 110 valence electrons. The zero-order valence-corrected chi connectivity index (χ0v) is 12.4. The second-order valence-corrected chi connectivity index (χ2v) is 5.02. The number of rotatable bonds is 5. The standard InChI is InChI=1S/C15H22N2O3/c1-10(9-18)11(2)16-15(20)13-7-5-6-8-14(13)17(4)12(3)19/h5-8,10-11,18H,9H2,1-4H3,(H,16,20). The first-order valence-electron chi connectivity index (χ1n) is 6.63. The van der Waals surface area contributed by atoms with Crippen molar-refractivity contribution < 1.29 is 14.7 Å². The summed E-state index contributed by atoms with van der Waals surface area (Å²) in [5.41, 5.74) is 1.02. The van der Waals surface area contributed by atoms with Gasteiger partial charge in [0, 0.05) is 26.6 Å². The van der Waals surface area contributed by atoms with E-state index >= 15 is 0 Å². The van der Waals surface area contributed by atoms with E-state index in [0.29, 0.717) is 11.3 Å². The lowest BCUT2D eigenvalue weighted by molar-refractivity contribution is -0.116. The Bertz CT molecular complexity index is 488. The first-order valence-corrected chi connectivity index (χ1v) is 6.63. The summed E-state index contributed by atoms with van der Waals surface area (Å²) in [5, 5.41) is 11.9. The molecule has 2 atom stereocenters. The van der Waals surface area contributed by atoms with E-state index in [4.69, 9.17) is 5.11 Å². The SMILES string of the molecule is CC(=O)N(C)c1ccccc1C(=O)NC(C)C(C)CO. The van der Waals surface area contributed by atoms with Gasteiger partial charge in [0.1, 0.15) is 0 Å². The van der Waals surface area contributed by atoms with Crippen molar-refractivity contribution in [1.29, 1.82) is 0 Å². The van der Waals surface area contributed by atoms with E-state index in [2.05, 4.69) is 5.32 Å². The first kappa shape index (κ1) is 16.2. The highest BCUT2D eigenvalue weighted by Crippen LogP contribution is 2.19. The van der Waals surface area contributed by atoms with Crippen molar-refractivity contribution >= 4 is 17.5 Å². The van der Waals surface area contributed by atoms with Crippen molar-refractivity contribution in [1.82, 2.24) is 5.32 Å². The Kier molecular flexibility index (Phi) is 5.70. The van der Waals surface area contributed by atoms with Crippen LogP contribution in [0.5, 0.6) is 0 Å². The molecule has 0 saturated carbocycles. The highest BCUT2D eigenvalue weighted by atomic mass is 16.3. The number of para-hydroxylation sites is 1. The molecule has 0 spiro atoms. The van der Waals surface area contributed by atoms with Crippen molar-refractivity contribution in [3.8, 4) is 0 Å². The number of hydrogen-bond donors (Lipinski definition) is 2. The van der Waals surface area contributed by atoms with Gasteiger partial charge in [-0.2, -0.15) is 0 Å². The van der Waals surface area contributed by atoms with Crippen LogP contribution in [0.2, 0.25) is 0 Å². The van der Waals surface area contributed by atoms with Crippen molar-refractivity contribution in [3.63, 3.8) is 0 Å². The smallest absolute Gasteiger partial charge is 0.253 e. The molecule has 0 aliphatic heterocycles. The van der Waals surface area contributed by atoms with Crippen LogP contribution in [0.1, 0.15) is 31.1 Å². The van der Waals surface area contributed by atoms with Gasteiger partial charge in [-0.15, -0.1) is 0 Å². The average molecular weight is 278 g/mol. The zero-order valence-electron chi connectivity index (χ0n) is 12.4. The van der Waals surface area contributed by atoms with Gasteiger partial charge >= 0.3 is 0 Å². The van der Waals surface area contributed by atoms with Crippen LogP contribution in [0, 0.1) is 5.92 Å². The molecule has 20 heavy (non-hydrogen) atoms. The molecule has 1 aromatic rings. The van der Waals surface area contributed by atoms with Crippen molar-refractivity contribution in [2.45, 2.75) is 26.8 Å². The number of benzene rings is 1. The van der Waals surface area contributed by atoms with E-state index in [1.54, 1.807) is 31.3 Å². The van der Waals surface area contributed by atoms with Crippen LogP contribution in [0.15, 0.2) is 24.3 Å². The molecule has 0 saturated heterocycles. The summed E-state index contributed by atoms with van der Waals surface area (Å²) in [7, 11) is 1.63. The van der Waals surface area contributed by atoms with Gasteiger partial charge in [0.15, 0.2) is 0 Å². The number of aliphatic hydroxyl groups excluding tert-OH is 1. The van der Waals surface area contributed by atoms with Crippen LogP contribution >= 0.6 is 0 Å². The van der Waals surface area contributed by atoms with Gasteiger partial charge in [-0.1, -0.05) is 19.1 Å². The Balaban J connectivity index is 2.96. The second kappa shape index (κ2) is 7.05. The van der Waals surface area contributed by atoms with Crippen molar-refractivity contribution in [2.75, 3.05) is 18.6 Å². The Labute approximate surface area is 119 Å². The lowest BCUT2D eigenvalue weighted by atomic mass is 10.0. The number of carbonyl (C=O) groups is 2.